The van der Waals surface area contributed by atoms with Crippen molar-refractivity contribution < 1.29 is 36.9 Å². The molecule has 0 atom stereocenters. The predicted octanol–water partition coefficient (Wildman–Crippen LogP) is 7.31. The van der Waals surface area contributed by atoms with Crippen LogP contribution in [0.2, 0.25) is 0 Å². The quantitative estimate of drug-likeness (QED) is 0.302. The molecular weight excluding hydrogens is 527 g/mol. The molecule has 3 aromatic rings. The Bertz CT molecular complexity index is 1340. The summed E-state index contributed by atoms with van der Waals surface area (Å²) >= 11 is 0. The van der Waals surface area contributed by atoms with Crippen molar-refractivity contribution in [2.45, 2.75) is 90.5 Å². The summed E-state index contributed by atoms with van der Waals surface area (Å²) in [5.41, 5.74) is 0.594. The molecule has 0 amide bonds. The van der Waals surface area contributed by atoms with Gasteiger partial charge >= 0.3 is 12.3 Å². The summed E-state index contributed by atoms with van der Waals surface area (Å²) in [5, 5.41) is 3.26. The van der Waals surface area contributed by atoms with Crippen molar-refractivity contribution in [1.29, 1.82) is 0 Å². The van der Waals surface area contributed by atoms with Gasteiger partial charge in [-0.15, -0.1) is 13.2 Å². The lowest BCUT2D eigenvalue weighted by atomic mass is 9.85. The molecule has 8 nitrogen and oxygen atoms in total. The van der Waals surface area contributed by atoms with Gasteiger partial charge in [-0.3, -0.25) is 0 Å². The smallest absolute Gasteiger partial charge is 0.482 e. The standard InChI is InChI=1S/C29H36F3N3O5/c1-26(2,3)39-24(36)17-37-21-12-13-23-22(14-21)34-25(33-18-8-10-20(11-9-18)38-29(30,31)32)35(23)19-15-27(4,5)40-28(6,7)16-19/h8-14,19H,15-17H2,1-7H3,(H,33,34). The fraction of sp³-hybridized carbons (Fsp3) is 0.517. The van der Waals surface area contributed by atoms with Gasteiger partial charge in [0.25, 0.3) is 0 Å². The van der Waals surface area contributed by atoms with E-state index >= 15 is 0 Å². The van der Waals surface area contributed by atoms with Crippen molar-refractivity contribution in [2.75, 3.05) is 11.9 Å². The molecule has 2 heterocycles. The van der Waals surface area contributed by atoms with E-state index in [0.717, 1.165) is 5.52 Å². The molecule has 1 aliphatic rings. The van der Waals surface area contributed by atoms with E-state index in [1.807, 2.05) is 6.07 Å². The van der Waals surface area contributed by atoms with Gasteiger partial charge in [-0.1, -0.05) is 0 Å². The van der Waals surface area contributed by atoms with Crippen molar-refractivity contribution >= 4 is 28.6 Å². The van der Waals surface area contributed by atoms with Gasteiger partial charge in [0.2, 0.25) is 5.95 Å². The molecule has 218 valence electrons. The maximum absolute atomic E-state index is 12.6. The molecule has 1 aliphatic heterocycles. The lowest BCUT2D eigenvalue weighted by Gasteiger charge is -2.46. The van der Waals surface area contributed by atoms with Crippen LogP contribution in [0.3, 0.4) is 0 Å². The monoisotopic (exact) mass is 563 g/mol. The van der Waals surface area contributed by atoms with Crippen molar-refractivity contribution in [3.05, 3.63) is 42.5 Å². The molecule has 1 fully saturated rings. The molecule has 0 bridgehead atoms. The Morgan fingerprint density at radius 2 is 1.62 bits per heavy atom. The molecule has 1 aromatic heterocycles. The highest BCUT2D eigenvalue weighted by molar-refractivity contribution is 5.82. The molecule has 1 saturated heterocycles. The summed E-state index contributed by atoms with van der Waals surface area (Å²) < 4.78 is 61.2. The van der Waals surface area contributed by atoms with Gasteiger partial charge in [-0.2, -0.15) is 0 Å². The first-order valence-corrected chi connectivity index (χ1v) is 13.1. The van der Waals surface area contributed by atoms with Gasteiger partial charge in [0.1, 0.15) is 17.1 Å². The SMILES string of the molecule is CC(C)(C)OC(=O)COc1ccc2c(c1)nc(Nc1ccc(OC(F)(F)F)cc1)n2C1CC(C)(C)OC(C)(C)C1. The number of nitrogens with one attached hydrogen (secondary N) is 1. The molecule has 0 radical (unpaired) electrons. The Morgan fingerprint density at radius 1 is 1.02 bits per heavy atom. The van der Waals surface area contributed by atoms with E-state index in [0.29, 0.717) is 35.7 Å². The van der Waals surface area contributed by atoms with Crippen LogP contribution >= 0.6 is 0 Å². The molecule has 40 heavy (non-hydrogen) atoms. The van der Waals surface area contributed by atoms with Crippen LogP contribution in [-0.2, 0) is 14.3 Å². The Balaban J connectivity index is 1.67. The predicted molar refractivity (Wildman–Crippen MR) is 145 cm³/mol. The number of imidazole rings is 1. The molecule has 0 unspecified atom stereocenters. The average molecular weight is 564 g/mol. The number of benzene rings is 2. The van der Waals surface area contributed by atoms with E-state index in [4.69, 9.17) is 19.2 Å². The van der Waals surface area contributed by atoms with E-state index in [9.17, 15) is 18.0 Å². The molecule has 11 heteroatoms. The van der Waals surface area contributed by atoms with Crippen LogP contribution in [-0.4, -0.2) is 45.3 Å². The van der Waals surface area contributed by atoms with Crippen molar-refractivity contribution in [3.8, 4) is 11.5 Å². The Labute approximate surface area is 231 Å². The molecule has 1 N–H and O–H groups in total. The number of fused-ring (bicyclic) bond motifs is 1. The van der Waals surface area contributed by atoms with Crippen LogP contribution in [0.25, 0.3) is 11.0 Å². The lowest BCUT2D eigenvalue weighted by Crippen LogP contribution is -2.45. The zero-order valence-electron chi connectivity index (χ0n) is 23.8. The number of esters is 1. The number of ether oxygens (including phenoxy) is 4. The molecule has 4 rings (SSSR count). The third-order valence-electron chi connectivity index (χ3n) is 6.15. The highest BCUT2D eigenvalue weighted by Crippen LogP contribution is 2.44. The van der Waals surface area contributed by atoms with E-state index in [2.05, 4.69) is 42.3 Å². The second-order valence-electron chi connectivity index (χ2n) is 12.2. The van der Waals surface area contributed by atoms with E-state index in [-0.39, 0.29) is 18.4 Å². The summed E-state index contributed by atoms with van der Waals surface area (Å²) in [7, 11) is 0. The molecule has 0 aliphatic carbocycles. The van der Waals surface area contributed by atoms with Gasteiger partial charge in [-0.05, 0) is 97.7 Å². The van der Waals surface area contributed by atoms with Gasteiger partial charge in [0.05, 0.1) is 22.2 Å². The zero-order valence-corrected chi connectivity index (χ0v) is 23.8. The molecule has 2 aromatic carbocycles. The number of anilines is 2. The summed E-state index contributed by atoms with van der Waals surface area (Å²) in [6, 6.07) is 10.9. The Kier molecular flexibility index (Phi) is 7.74. The Morgan fingerprint density at radius 3 is 2.20 bits per heavy atom. The number of alkyl halides is 3. The number of carbonyl (C=O) groups excluding carboxylic acids is 1. The number of rotatable bonds is 7. The molecule has 0 saturated carbocycles. The van der Waals surface area contributed by atoms with Crippen LogP contribution in [0.4, 0.5) is 24.8 Å². The highest BCUT2D eigenvalue weighted by Gasteiger charge is 2.41. The summed E-state index contributed by atoms with van der Waals surface area (Å²) in [6.07, 6.45) is -3.34. The third-order valence-corrected chi connectivity index (χ3v) is 6.15. The second-order valence-corrected chi connectivity index (χ2v) is 12.2. The maximum Gasteiger partial charge on any atom is 0.573 e. The fourth-order valence-electron chi connectivity index (χ4n) is 5.23. The highest BCUT2D eigenvalue weighted by atomic mass is 19.4. The van der Waals surface area contributed by atoms with Crippen LogP contribution < -0.4 is 14.8 Å². The van der Waals surface area contributed by atoms with Gasteiger partial charge in [0, 0.05) is 17.8 Å². The van der Waals surface area contributed by atoms with Crippen molar-refractivity contribution in [1.82, 2.24) is 9.55 Å². The zero-order chi connectivity index (χ0) is 29.5. The minimum Gasteiger partial charge on any atom is -0.482 e. The van der Waals surface area contributed by atoms with Crippen LogP contribution in [0.5, 0.6) is 11.5 Å². The summed E-state index contributed by atoms with van der Waals surface area (Å²) in [6.45, 7) is 13.3. The number of hydrogen-bond acceptors (Lipinski definition) is 7. The largest absolute Gasteiger partial charge is 0.573 e. The average Bonchev–Trinajstić information content (AvgIpc) is 3.12. The second kappa shape index (κ2) is 10.5. The van der Waals surface area contributed by atoms with Crippen LogP contribution in [0.15, 0.2) is 42.5 Å². The number of hydrogen-bond donors (Lipinski definition) is 1. The Hall–Kier alpha value is -3.47. The number of aromatic nitrogens is 2. The summed E-state index contributed by atoms with van der Waals surface area (Å²) in [5.74, 6) is 0.175. The van der Waals surface area contributed by atoms with E-state index < -0.39 is 29.1 Å². The van der Waals surface area contributed by atoms with Crippen LogP contribution in [0.1, 0.15) is 67.3 Å². The first-order chi connectivity index (χ1) is 18.4. The number of carbonyl (C=O) groups is 1. The first-order valence-electron chi connectivity index (χ1n) is 13.1. The molecular formula is C29H36F3N3O5. The van der Waals surface area contributed by atoms with E-state index in [1.54, 1.807) is 32.9 Å². The van der Waals surface area contributed by atoms with Gasteiger partial charge in [-0.25, -0.2) is 9.78 Å². The third kappa shape index (κ3) is 7.80. The number of nitrogens with zero attached hydrogens (tertiary/aromatic N) is 2. The first kappa shape index (κ1) is 29.5. The lowest BCUT2D eigenvalue weighted by molar-refractivity contribution is -0.274. The van der Waals surface area contributed by atoms with Crippen molar-refractivity contribution in [3.63, 3.8) is 0 Å². The van der Waals surface area contributed by atoms with Crippen molar-refractivity contribution in [2.24, 2.45) is 0 Å². The van der Waals surface area contributed by atoms with E-state index in [1.165, 1.54) is 24.3 Å². The maximum atomic E-state index is 12.6. The van der Waals surface area contributed by atoms with Crippen LogP contribution in [0, 0.1) is 0 Å². The van der Waals surface area contributed by atoms with Gasteiger partial charge in [0.15, 0.2) is 6.61 Å². The number of halogens is 3. The normalized spacial score (nSPS) is 17.4. The summed E-state index contributed by atoms with van der Waals surface area (Å²) in [4.78, 5) is 16.9. The fourth-order valence-corrected chi connectivity index (χ4v) is 5.23. The van der Waals surface area contributed by atoms with Gasteiger partial charge < -0.3 is 28.8 Å². The minimum absolute atomic E-state index is 0.00705. The molecule has 0 spiro atoms. The topological polar surface area (TPSA) is 83.8 Å². The minimum atomic E-state index is -4.77.